The maximum absolute atomic E-state index is 11.7. The normalized spacial score (nSPS) is 10.5. The summed E-state index contributed by atoms with van der Waals surface area (Å²) in [5, 5.41) is 1.49. The summed E-state index contributed by atoms with van der Waals surface area (Å²) >= 11 is 0. The number of nitrogens with two attached hydrogens (primary N) is 1. The molecule has 0 aliphatic heterocycles. The molecular formula is C11H12N2O2. The molecule has 15 heavy (non-hydrogen) atoms. The number of rotatable bonds is 2. The maximum atomic E-state index is 11.7. The van der Waals surface area contributed by atoms with Gasteiger partial charge in [0.2, 0.25) is 0 Å². The molecule has 0 saturated carbocycles. The Balaban J connectivity index is 2.74. The highest BCUT2D eigenvalue weighted by Gasteiger charge is 2.02. The Labute approximate surface area is 86.7 Å². The standard InChI is InChI=1S/C11H12N2O2/c1-15-9-3-2-7-4-8(6-12)13-11(14)10(7)5-9/h2-5H,6,12H2,1H3,(H,13,14). The van der Waals surface area contributed by atoms with Gasteiger partial charge in [-0.25, -0.2) is 0 Å². The first-order valence-electron chi connectivity index (χ1n) is 4.64. The Morgan fingerprint density at radius 2 is 2.20 bits per heavy atom. The highest BCUT2D eigenvalue weighted by molar-refractivity contribution is 5.83. The lowest BCUT2D eigenvalue weighted by Crippen LogP contribution is -2.11. The summed E-state index contributed by atoms with van der Waals surface area (Å²) in [6, 6.07) is 7.26. The van der Waals surface area contributed by atoms with E-state index in [0.717, 1.165) is 11.1 Å². The first kappa shape index (κ1) is 9.73. The molecule has 1 aromatic carbocycles. The Kier molecular flexibility index (Phi) is 2.43. The highest BCUT2D eigenvalue weighted by Crippen LogP contribution is 2.17. The minimum atomic E-state index is -0.133. The summed E-state index contributed by atoms with van der Waals surface area (Å²) in [7, 11) is 1.57. The summed E-state index contributed by atoms with van der Waals surface area (Å²) in [6.07, 6.45) is 0. The third kappa shape index (κ3) is 1.71. The number of H-pyrrole nitrogens is 1. The summed E-state index contributed by atoms with van der Waals surface area (Å²) in [5.74, 6) is 0.675. The van der Waals surface area contributed by atoms with Gasteiger partial charge in [-0.05, 0) is 23.6 Å². The molecule has 0 atom stereocenters. The number of aromatic amines is 1. The molecule has 0 unspecified atom stereocenters. The summed E-state index contributed by atoms with van der Waals surface area (Å²) < 4.78 is 5.06. The van der Waals surface area contributed by atoms with Gasteiger partial charge in [0, 0.05) is 12.2 Å². The molecule has 1 heterocycles. The minimum Gasteiger partial charge on any atom is -0.497 e. The molecule has 0 amide bonds. The van der Waals surface area contributed by atoms with E-state index in [4.69, 9.17) is 10.5 Å². The molecule has 0 fully saturated rings. The second-order valence-corrected chi connectivity index (χ2v) is 3.28. The minimum absolute atomic E-state index is 0.133. The molecule has 2 rings (SSSR count). The predicted molar refractivity (Wildman–Crippen MR) is 59.0 cm³/mol. The quantitative estimate of drug-likeness (QED) is 0.766. The zero-order valence-corrected chi connectivity index (χ0v) is 8.41. The fraction of sp³-hybridized carbons (Fsp3) is 0.182. The molecule has 3 N–H and O–H groups in total. The lowest BCUT2D eigenvalue weighted by Gasteiger charge is -2.03. The molecule has 2 aromatic rings. The van der Waals surface area contributed by atoms with Crippen molar-refractivity contribution in [1.29, 1.82) is 0 Å². The van der Waals surface area contributed by atoms with E-state index in [-0.39, 0.29) is 5.56 Å². The highest BCUT2D eigenvalue weighted by atomic mass is 16.5. The van der Waals surface area contributed by atoms with Gasteiger partial charge in [-0.3, -0.25) is 4.79 Å². The summed E-state index contributed by atoms with van der Waals surface area (Å²) in [4.78, 5) is 14.4. The van der Waals surface area contributed by atoms with Gasteiger partial charge in [-0.1, -0.05) is 6.07 Å². The van der Waals surface area contributed by atoms with E-state index < -0.39 is 0 Å². The van der Waals surface area contributed by atoms with Crippen LogP contribution in [0, 0.1) is 0 Å². The van der Waals surface area contributed by atoms with Crippen LogP contribution in [0.25, 0.3) is 10.8 Å². The topological polar surface area (TPSA) is 68.1 Å². The van der Waals surface area contributed by atoms with Crippen molar-refractivity contribution in [1.82, 2.24) is 4.98 Å². The molecule has 78 valence electrons. The number of hydrogen-bond donors (Lipinski definition) is 2. The second kappa shape index (κ2) is 3.74. The fourth-order valence-electron chi connectivity index (χ4n) is 1.53. The first-order chi connectivity index (χ1) is 7.24. The van der Waals surface area contributed by atoms with Crippen molar-refractivity contribution in [3.63, 3.8) is 0 Å². The van der Waals surface area contributed by atoms with Crippen molar-refractivity contribution in [2.45, 2.75) is 6.54 Å². The van der Waals surface area contributed by atoms with E-state index >= 15 is 0 Å². The number of aromatic nitrogens is 1. The van der Waals surface area contributed by atoms with Crippen LogP contribution < -0.4 is 16.0 Å². The molecule has 4 nitrogen and oxygen atoms in total. The van der Waals surface area contributed by atoms with Crippen molar-refractivity contribution in [3.8, 4) is 5.75 Å². The van der Waals surface area contributed by atoms with E-state index in [1.54, 1.807) is 13.2 Å². The van der Waals surface area contributed by atoms with E-state index in [0.29, 0.717) is 17.7 Å². The largest absolute Gasteiger partial charge is 0.497 e. The van der Waals surface area contributed by atoms with Crippen LogP contribution >= 0.6 is 0 Å². The van der Waals surface area contributed by atoms with E-state index in [1.807, 2.05) is 18.2 Å². The number of hydrogen-bond acceptors (Lipinski definition) is 3. The number of pyridine rings is 1. The molecular weight excluding hydrogens is 192 g/mol. The molecule has 0 aliphatic rings. The lowest BCUT2D eigenvalue weighted by atomic mass is 10.1. The van der Waals surface area contributed by atoms with Crippen LogP contribution in [0.1, 0.15) is 5.69 Å². The van der Waals surface area contributed by atoms with E-state index in [1.165, 1.54) is 0 Å². The van der Waals surface area contributed by atoms with Crippen molar-refractivity contribution >= 4 is 10.8 Å². The zero-order valence-electron chi connectivity index (χ0n) is 8.41. The monoisotopic (exact) mass is 204 g/mol. The smallest absolute Gasteiger partial charge is 0.256 e. The van der Waals surface area contributed by atoms with E-state index in [2.05, 4.69) is 4.98 Å². The Morgan fingerprint density at radius 3 is 2.87 bits per heavy atom. The van der Waals surface area contributed by atoms with Crippen LogP contribution in [0.5, 0.6) is 5.75 Å². The van der Waals surface area contributed by atoms with Crippen LogP contribution in [-0.4, -0.2) is 12.1 Å². The average molecular weight is 204 g/mol. The van der Waals surface area contributed by atoms with Crippen molar-refractivity contribution in [2.75, 3.05) is 7.11 Å². The van der Waals surface area contributed by atoms with Crippen LogP contribution in [0.2, 0.25) is 0 Å². The molecule has 0 bridgehead atoms. The number of fused-ring (bicyclic) bond motifs is 1. The van der Waals surface area contributed by atoms with Gasteiger partial charge in [0.1, 0.15) is 5.75 Å². The van der Waals surface area contributed by atoms with Gasteiger partial charge in [0.15, 0.2) is 0 Å². The average Bonchev–Trinajstić information content (AvgIpc) is 2.28. The number of ether oxygens (including phenoxy) is 1. The fourth-order valence-corrected chi connectivity index (χ4v) is 1.53. The Morgan fingerprint density at radius 1 is 1.40 bits per heavy atom. The van der Waals surface area contributed by atoms with Crippen LogP contribution in [0.4, 0.5) is 0 Å². The third-order valence-corrected chi connectivity index (χ3v) is 2.33. The zero-order chi connectivity index (χ0) is 10.8. The van der Waals surface area contributed by atoms with Crippen LogP contribution in [0.3, 0.4) is 0 Å². The summed E-state index contributed by atoms with van der Waals surface area (Å²) in [6.45, 7) is 0.331. The van der Waals surface area contributed by atoms with Gasteiger partial charge in [0.05, 0.1) is 12.5 Å². The third-order valence-electron chi connectivity index (χ3n) is 2.33. The lowest BCUT2D eigenvalue weighted by molar-refractivity contribution is 0.415. The maximum Gasteiger partial charge on any atom is 0.256 e. The molecule has 4 heteroatoms. The molecule has 1 aromatic heterocycles. The van der Waals surface area contributed by atoms with Gasteiger partial charge in [0.25, 0.3) is 5.56 Å². The number of benzene rings is 1. The van der Waals surface area contributed by atoms with Crippen molar-refractivity contribution < 1.29 is 4.74 Å². The van der Waals surface area contributed by atoms with Crippen molar-refractivity contribution in [3.05, 3.63) is 40.3 Å². The SMILES string of the molecule is COc1ccc2cc(CN)[nH]c(=O)c2c1. The Bertz CT molecular complexity index is 546. The van der Waals surface area contributed by atoms with E-state index in [9.17, 15) is 4.79 Å². The van der Waals surface area contributed by atoms with Crippen molar-refractivity contribution in [2.24, 2.45) is 5.73 Å². The molecule has 0 aliphatic carbocycles. The summed E-state index contributed by atoms with van der Waals surface area (Å²) in [5.41, 5.74) is 6.07. The Hall–Kier alpha value is -1.81. The molecule has 0 radical (unpaired) electrons. The van der Waals surface area contributed by atoms with Gasteiger partial charge in [-0.15, -0.1) is 0 Å². The van der Waals surface area contributed by atoms with Gasteiger partial charge >= 0.3 is 0 Å². The number of methoxy groups -OCH3 is 1. The van der Waals surface area contributed by atoms with Gasteiger partial charge in [-0.2, -0.15) is 0 Å². The van der Waals surface area contributed by atoms with Crippen LogP contribution in [0.15, 0.2) is 29.1 Å². The second-order valence-electron chi connectivity index (χ2n) is 3.28. The first-order valence-corrected chi connectivity index (χ1v) is 4.64. The molecule has 0 saturated heterocycles. The van der Waals surface area contributed by atoms with Gasteiger partial charge < -0.3 is 15.5 Å². The van der Waals surface area contributed by atoms with Crippen LogP contribution in [-0.2, 0) is 6.54 Å². The predicted octanol–water partition coefficient (Wildman–Crippen LogP) is 0.995. The number of nitrogens with one attached hydrogen (secondary N) is 1. The molecule has 0 spiro atoms.